The van der Waals surface area contributed by atoms with Gasteiger partial charge in [0.05, 0.1) is 12.4 Å². The van der Waals surface area contributed by atoms with Gasteiger partial charge in [-0.05, 0) is 24.5 Å². The molecule has 1 aromatic carbocycles. The predicted molar refractivity (Wildman–Crippen MR) is 78.1 cm³/mol. The Labute approximate surface area is 118 Å². The van der Waals surface area contributed by atoms with Crippen LogP contribution in [0, 0.1) is 0 Å². The third kappa shape index (κ3) is 3.93. The molecule has 0 saturated carbocycles. The van der Waals surface area contributed by atoms with Gasteiger partial charge in [0.15, 0.2) is 0 Å². The van der Waals surface area contributed by atoms with Crippen molar-refractivity contribution in [3.8, 4) is 11.6 Å². The number of nitrogens with one attached hydrogen (secondary N) is 1. The van der Waals surface area contributed by atoms with Gasteiger partial charge in [0.25, 0.3) is 0 Å². The topological polar surface area (TPSA) is 67.3 Å². The van der Waals surface area contributed by atoms with Crippen molar-refractivity contribution < 1.29 is 9.84 Å². The standard InChI is InChI=1S/C15H19N3O2/c1-2-8-17-14-10-16-11-15(18-14)20-13-6-4-3-5-12(13)7-9-19/h3-6,10-11,19H,2,7-9H2,1H3,(H,17,18). The molecular formula is C15H19N3O2. The molecule has 0 aliphatic heterocycles. The highest BCUT2D eigenvalue weighted by Gasteiger charge is 2.06. The first kappa shape index (κ1) is 14.3. The van der Waals surface area contributed by atoms with Crippen molar-refractivity contribution >= 4 is 5.82 Å². The Morgan fingerprint density at radius 3 is 2.90 bits per heavy atom. The van der Waals surface area contributed by atoms with Crippen molar-refractivity contribution in [2.45, 2.75) is 19.8 Å². The van der Waals surface area contributed by atoms with Crippen LogP contribution in [-0.4, -0.2) is 28.2 Å². The van der Waals surface area contributed by atoms with Crippen molar-refractivity contribution in [1.29, 1.82) is 0 Å². The minimum atomic E-state index is 0.0874. The number of aliphatic hydroxyl groups excluding tert-OH is 1. The molecule has 0 aliphatic rings. The number of rotatable bonds is 7. The molecule has 0 unspecified atom stereocenters. The molecule has 5 nitrogen and oxygen atoms in total. The number of hydrogen-bond acceptors (Lipinski definition) is 5. The van der Waals surface area contributed by atoms with E-state index in [4.69, 9.17) is 9.84 Å². The summed E-state index contributed by atoms with van der Waals surface area (Å²) in [4.78, 5) is 8.46. The van der Waals surface area contributed by atoms with Gasteiger partial charge in [0.2, 0.25) is 5.88 Å². The first-order valence-corrected chi connectivity index (χ1v) is 6.76. The smallest absolute Gasteiger partial charge is 0.239 e. The quantitative estimate of drug-likeness (QED) is 0.811. The maximum Gasteiger partial charge on any atom is 0.239 e. The number of ether oxygens (including phenoxy) is 1. The van der Waals surface area contributed by atoms with Crippen molar-refractivity contribution in [2.75, 3.05) is 18.5 Å². The van der Waals surface area contributed by atoms with Gasteiger partial charge in [-0.2, -0.15) is 4.98 Å². The highest BCUT2D eigenvalue weighted by atomic mass is 16.5. The number of aliphatic hydroxyl groups is 1. The Bertz CT molecular complexity index is 546. The Morgan fingerprint density at radius 1 is 1.25 bits per heavy atom. The fourth-order valence-electron chi connectivity index (χ4n) is 1.78. The number of hydrogen-bond donors (Lipinski definition) is 2. The van der Waals surface area contributed by atoms with Gasteiger partial charge in [-0.15, -0.1) is 0 Å². The second-order valence-corrected chi connectivity index (χ2v) is 4.35. The van der Waals surface area contributed by atoms with E-state index in [1.165, 1.54) is 0 Å². The molecule has 1 aromatic heterocycles. The fourth-order valence-corrected chi connectivity index (χ4v) is 1.78. The summed E-state index contributed by atoms with van der Waals surface area (Å²) in [6, 6.07) is 7.60. The second-order valence-electron chi connectivity index (χ2n) is 4.35. The molecule has 0 spiro atoms. The van der Waals surface area contributed by atoms with Gasteiger partial charge in [-0.25, -0.2) is 0 Å². The van der Waals surface area contributed by atoms with Gasteiger partial charge in [0, 0.05) is 13.2 Å². The molecule has 0 bridgehead atoms. The minimum Gasteiger partial charge on any atom is -0.437 e. The Morgan fingerprint density at radius 2 is 2.10 bits per heavy atom. The zero-order valence-electron chi connectivity index (χ0n) is 11.5. The minimum absolute atomic E-state index is 0.0874. The summed E-state index contributed by atoms with van der Waals surface area (Å²) in [7, 11) is 0. The van der Waals surface area contributed by atoms with E-state index in [2.05, 4.69) is 22.2 Å². The zero-order valence-corrected chi connectivity index (χ0v) is 11.5. The first-order chi connectivity index (χ1) is 9.83. The zero-order chi connectivity index (χ0) is 14.2. The maximum absolute atomic E-state index is 9.06. The number of para-hydroxylation sites is 1. The van der Waals surface area contributed by atoms with Crippen LogP contribution in [0.25, 0.3) is 0 Å². The number of aromatic nitrogens is 2. The van der Waals surface area contributed by atoms with Gasteiger partial charge in [-0.1, -0.05) is 25.1 Å². The van der Waals surface area contributed by atoms with Gasteiger partial charge >= 0.3 is 0 Å². The summed E-state index contributed by atoms with van der Waals surface area (Å²) in [5.41, 5.74) is 0.948. The second kappa shape index (κ2) is 7.45. The lowest BCUT2D eigenvalue weighted by atomic mass is 10.1. The highest BCUT2D eigenvalue weighted by molar-refractivity contribution is 5.38. The van der Waals surface area contributed by atoms with E-state index >= 15 is 0 Å². The molecule has 20 heavy (non-hydrogen) atoms. The Hall–Kier alpha value is -2.14. The van der Waals surface area contributed by atoms with Crippen LogP contribution < -0.4 is 10.1 Å². The summed E-state index contributed by atoms with van der Waals surface area (Å²) >= 11 is 0. The van der Waals surface area contributed by atoms with Gasteiger partial charge in [-0.3, -0.25) is 4.98 Å². The lowest BCUT2D eigenvalue weighted by molar-refractivity contribution is 0.297. The van der Waals surface area contributed by atoms with Gasteiger partial charge in [0.1, 0.15) is 11.6 Å². The molecule has 106 valence electrons. The Balaban J connectivity index is 2.13. The normalized spacial score (nSPS) is 10.3. The third-order valence-electron chi connectivity index (χ3n) is 2.74. The summed E-state index contributed by atoms with van der Waals surface area (Å²) in [6.07, 6.45) is 4.82. The SMILES string of the molecule is CCCNc1cncc(Oc2ccccc2CCO)n1. The monoisotopic (exact) mass is 273 g/mol. The summed E-state index contributed by atoms with van der Waals surface area (Å²) in [6.45, 7) is 3.02. The van der Waals surface area contributed by atoms with Crippen molar-refractivity contribution in [1.82, 2.24) is 9.97 Å². The van der Waals surface area contributed by atoms with E-state index in [0.29, 0.717) is 23.9 Å². The maximum atomic E-state index is 9.06. The third-order valence-corrected chi connectivity index (χ3v) is 2.74. The molecule has 1 heterocycles. The molecule has 0 amide bonds. The molecule has 0 radical (unpaired) electrons. The predicted octanol–water partition coefficient (Wildman–Crippen LogP) is 2.63. The van der Waals surface area contributed by atoms with Gasteiger partial charge < -0.3 is 15.2 Å². The van der Waals surface area contributed by atoms with Crippen LogP contribution in [0.2, 0.25) is 0 Å². The highest BCUT2D eigenvalue weighted by Crippen LogP contribution is 2.24. The molecule has 2 aromatic rings. The van der Waals surface area contributed by atoms with Crippen LogP contribution in [0.5, 0.6) is 11.6 Å². The molecule has 0 fully saturated rings. The summed E-state index contributed by atoms with van der Waals surface area (Å²) in [5.74, 6) is 1.84. The number of anilines is 1. The molecule has 0 atom stereocenters. The van der Waals surface area contributed by atoms with E-state index in [1.54, 1.807) is 12.4 Å². The Kier molecular flexibility index (Phi) is 5.32. The molecule has 5 heteroatoms. The van der Waals surface area contributed by atoms with Crippen molar-refractivity contribution in [3.05, 3.63) is 42.2 Å². The van der Waals surface area contributed by atoms with Crippen LogP contribution in [0.3, 0.4) is 0 Å². The van der Waals surface area contributed by atoms with Crippen LogP contribution >= 0.6 is 0 Å². The molecule has 2 N–H and O–H groups in total. The molecule has 0 saturated heterocycles. The van der Waals surface area contributed by atoms with Crippen LogP contribution in [-0.2, 0) is 6.42 Å². The van der Waals surface area contributed by atoms with Crippen molar-refractivity contribution in [2.24, 2.45) is 0 Å². The number of nitrogens with zero attached hydrogens (tertiary/aromatic N) is 2. The summed E-state index contributed by atoms with van der Waals surface area (Å²) in [5, 5.41) is 12.2. The lowest BCUT2D eigenvalue weighted by Gasteiger charge is -2.10. The molecular weight excluding hydrogens is 254 g/mol. The molecule has 2 rings (SSSR count). The number of benzene rings is 1. The molecule has 0 aliphatic carbocycles. The van der Waals surface area contributed by atoms with E-state index in [9.17, 15) is 0 Å². The fraction of sp³-hybridized carbons (Fsp3) is 0.333. The lowest BCUT2D eigenvalue weighted by Crippen LogP contribution is -2.03. The van der Waals surface area contributed by atoms with E-state index in [0.717, 1.165) is 18.5 Å². The first-order valence-electron chi connectivity index (χ1n) is 6.76. The average Bonchev–Trinajstić information content (AvgIpc) is 2.48. The van der Waals surface area contributed by atoms with Crippen LogP contribution in [0.1, 0.15) is 18.9 Å². The van der Waals surface area contributed by atoms with Crippen LogP contribution in [0.4, 0.5) is 5.82 Å². The largest absolute Gasteiger partial charge is 0.437 e. The van der Waals surface area contributed by atoms with E-state index in [-0.39, 0.29) is 6.61 Å². The van der Waals surface area contributed by atoms with E-state index < -0.39 is 0 Å². The average molecular weight is 273 g/mol. The summed E-state index contributed by atoms with van der Waals surface area (Å²) < 4.78 is 5.76. The van der Waals surface area contributed by atoms with E-state index in [1.807, 2.05) is 24.3 Å². The van der Waals surface area contributed by atoms with Crippen molar-refractivity contribution in [3.63, 3.8) is 0 Å². The van der Waals surface area contributed by atoms with Crippen LogP contribution in [0.15, 0.2) is 36.7 Å².